The molecule has 8 heterocycles. The molecule has 0 bridgehead atoms. The number of nitrogens with zero attached hydrogens (tertiary/aromatic N) is 8. The number of aromatic nitrogens is 5. The predicted octanol–water partition coefficient (Wildman–Crippen LogP) is 11.4. The van der Waals surface area contributed by atoms with Crippen molar-refractivity contribution in [3.05, 3.63) is 101 Å². The highest BCUT2D eigenvalue weighted by Gasteiger charge is 2.41. The molecule has 0 saturated carbocycles. The molecular formula is C59H70FN9O6S. The largest absolute Gasteiger partial charge is 0.508 e. The highest BCUT2D eigenvalue weighted by Crippen LogP contribution is 2.40. The average molecular weight is 1050 g/mol. The number of amides is 2. The fraction of sp³-hybridized carbons (Fsp3) is 0.475. The van der Waals surface area contributed by atoms with Crippen LogP contribution < -0.4 is 19.7 Å². The second-order valence-corrected chi connectivity index (χ2v) is 22.0. The van der Waals surface area contributed by atoms with Crippen molar-refractivity contribution in [1.82, 2.24) is 40.2 Å². The van der Waals surface area contributed by atoms with Crippen molar-refractivity contribution in [2.75, 3.05) is 44.8 Å². The van der Waals surface area contributed by atoms with Crippen LogP contribution in [-0.2, 0) is 16.0 Å². The van der Waals surface area contributed by atoms with Gasteiger partial charge in [-0.2, -0.15) is 9.97 Å². The molecule has 0 spiro atoms. The Hall–Kier alpha value is -6.72. The zero-order chi connectivity index (χ0) is 53.0. The molecule has 4 saturated heterocycles. The normalized spacial score (nSPS) is 19.6. The van der Waals surface area contributed by atoms with E-state index in [4.69, 9.17) is 14.0 Å². The van der Waals surface area contributed by atoms with Crippen LogP contribution in [0.3, 0.4) is 0 Å². The molecule has 76 heavy (non-hydrogen) atoms. The molecule has 0 aliphatic carbocycles. The number of pyridine rings is 1. The van der Waals surface area contributed by atoms with Crippen molar-refractivity contribution in [2.24, 2.45) is 5.92 Å². The molecule has 2 amide bonds. The van der Waals surface area contributed by atoms with E-state index in [2.05, 4.69) is 59.3 Å². The van der Waals surface area contributed by atoms with Gasteiger partial charge in [0.2, 0.25) is 11.8 Å². The summed E-state index contributed by atoms with van der Waals surface area (Å²) < 4.78 is 33.2. The van der Waals surface area contributed by atoms with Crippen molar-refractivity contribution in [3.8, 4) is 39.3 Å². The number of aryl methyl sites for hydroxylation is 2. The van der Waals surface area contributed by atoms with Gasteiger partial charge in [-0.05, 0) is 129 Å². The first-order valence-electron chi connectivity index (χ1n) is 27.3. The third kappa shape index (κ3) is 11.0. The topological polar surface area (TPSA) is 172 Å². The van der Waals surface area contributed by atoms with Crippen LogP contribution >= 0.6 is 11.3 Å². The number of carbonyl (C=O) groups is 2. The van der Waals surface area contributed by atoms with Gasteiger partial charge in [-0.15, -0.1) is 11.3 Å². The highest BCUT2D eigenvalue weighted by molar-refractivity contribution is 7.13. The summed E-state index contributed by atoms with van der Waals surface area (Å²) in [6.07, 6.45) is 13.3. The molecule has 4 aliphatic rings. The van der Waals surface area contributed by atoms with Gasteiger partial charge in [0.05, 0.1) is 34.6 Å². The molecule has 11 rings (SSSR count). The van der Waals surface area contributed by atoms with Gasteiger partial charge in [0.1, 0.15) is 41.3 Å². The summed E-state index contributed by atoms with van der Waals surface area (Å²) in [6.45, 7) is 14.0. The molecule has 7 aromatic rings. The highest BCUT2D eigenvalue weighted by atomic mass is 32.1. The van der Waals surface area contributed by atoms with Crippen LogP contribution in [0.25, 0.3) is 43.4 Å². The van der Waals surface area contributed by atoms with Crippen LogP contribution in [0.2, 0.25) is 0 Å². The van der Waals surface area contributed by atoms with Crippen LogP contribution in [0.1, 0.15) is 126 Å². The number of phenols is 1. The summed E-state index contributed by atoms with van der Waals surface area (Å²) in [5.74, 6) is 0.328. The molecule has 5 atom stereocenters. The van der Waals surface area contributed by atoms with E-state index in [-0.39, 0.29) is 46.7 Å². The lowest BCUT2D eigenvalue weighted by Crippen LogP contribution is -2.48. The first-order valence-corrected chi connectivity index (χ1v) is 28.1. The maximum absolute atomic E-state index is 16.1. The fourth-order valence-electron chi connectivity index (χ4n) is 12.0. The molecule has 4 aliphatic heterocycles. The standard InChI is InChI=1S/C33H43N5O4S.C26H27FN4O2/c1-20(2)30(28-17-29(36-42-28)41-18-26-14-13-25-7-5-15-37(25)26)33(40)38-16-6-8-27(38)32(39)35-21(3)23-9-11-24(12-10-23)31-22(4)34-19-43-31;1-3-16-9-8-10-17-13-18(32)14-19(21(16)17)23-22(27)24-20(15-28-23)25(30-26(29-24)33-2)31-11-6-4-5-7-12-31/h9-12,17,19-21,25-27,30H,5-8,13-16,18H2,1-4H3,(H,35,39);8-10,13-15,32H,3-7,11-12H2,1-2H3. The molecule has 15 nitrogen and oxygen atoms in total. The summed E-state index contributed by atoms with van der Waals surface area (Å²) in [4.78, 5) is 52.9. The number of rotatable bonds is 14. The lowest BCUT2D eigenvalue weighted by Gasteiger charge is -2.29. The summed E-state index contributed by atoms with van der Waals surface area (Å²) in [5.41, 5.74) is 6.96. The zero-order valence-electron chi connectivity index (χ0n) is 44.6. The molecule has 400 valence electrons. The number of hydrogen-bond acceptors (Lipinski definition) is 14. The van der Waals surface area contributed by atoms with Crippen LogP contribution in [-0.4, -0.2) is 110 Å². The monoisotopic (exact) mass is 1050 g/mol. The van der Waals surface area contributed by atoms with Gasteiger partial charge < -0.3 is 34.2 Å². The van der Waals surface area contributed by atoms with Gasteiger partial charge in [-0.1, -0.05) is 76.1 Å². The van der Waals surface area contributed by atoms with E-state index in [9.17, 15) is 14.7 Å². The molecule has 4 fully saturated rings. The van der Waals surface area contributed by atoms with Crippen LogP contribution in [0.15, 0.2) is 76.9 Å². The smallest absolute Gasteiger partial charge is 0.318 e. The maximum Gasteiger partial charge on any atom is 0.318 e. The van der Waals surface area contributed by atoms with E-state index in [0.717, 1.165) is 89.8 Å². The molecule has 3 aromatic carbocycles. The van der Waals surface area contributed by atoms with E-state index >= 15 is 4.39 Å². The van der Waals surface area contributed by atoms with E-state index in [0.29, 0.717) is 60.1 Å². The Balaban J connectivity index is 0.000000179. The van der Waals surface area contributed by atoms with Crippen LogP contribution in [0.5, 0.6) is 17.6 Å². The number of halogens is 1. The summed E-state index contributed by atoms with van der Waals surface area (Å²) >= 11 is 1.62. The number of anilines is 1. The minimum atomic E-state index is -0.540. The summed E-state index contributed by atoms with van der Waals surface area (Å²) in [6, 6.07) is 19.7. The van der Waals surface area contributed by atoms with Crippen LogP contribution in [0, 0.1) is 18.7 Å². The number of fused-ring (bicyclic) bond motifs is 3. The SMILES string of the molecule is CCc1cccc2cc(O)cc(-c3ncc4c(N5CCCCCC5)nc(OC)nc4c3F)c12.Cc1ncsc1-c1ccc(C(C)NC(=O)C2CCCN2C(=O)C(c2cc(OCC3CCC4CCCN43)no2)C(C)C)cc1. The van der Waals surface area contributed by atoms with Crippen LogP contribution in [0.4, 0.5) is 10.2 Å². The molecule has 17 heteroatoms. The van der Waals surface area contributed by atoms with E-state index < -0.39 is 17.8 Å². The summed E-state index contributed by atoms with van der Waals surface area (Å²) in [7, 11) is 1.49. The van der Waals surface area contributed by atoms with E-state index in [1.54, 1.807) is 40.6 Å². The number of benzene rings is 3. The number of phenolic OH excluding ortho intramolecular Hbond substituents is 1. The third-order valence-corrected chi connectivity index (χ3v) is 16.9. The number of hydrogen-bond donors (Lipinski definition) is 2. The minimum absolute atomic E-state index is 0.0302. The van der Waals surface area contributed by atoms with Gasteiger partial charge in [0, 0.05) is 49.5 Å². The number of aromatic hydroxyl groups is 1. The Kier molecular flexibility index (Phi) is 16.1. The Morgan fingerprint density at radius 3 is 2.45 bits per heavy atom. The Bertz CT molecular complexity index is 3170. The maximum atomic E-state index is 16.1. The van der Waals surface area contributed by atoms with E-state index in [1.807, 2.05) is 63.5 Å². The van der Waals surface area contributed by atoms with E-state index in [1.165, 1.54) is 39.2 Å². The number of thiazole rings is 1. The zero-order valence-corrected chi connectivity index (χ0v) is 45.4. The summed E-state index contributed by atoms with van der Waals surface area (Å²) in [5, 5.41) is 20.0. The predicted molar refractivity (Wildman–Crippen MR) is 294 cm³/mol. The lowest BCUT2D eigenvalue weighted by molar-refractivity contribution is -0.141. The molecule has 2 N–H and O–H groups in total. The molecular weight excluding hydrogens is 982 g/mol. The third-order valence-electron chi connectivity index (χ3n) is 15.9. The fourth-order valence-corrected chi connectivity index (χ4v) is 12.8. The van der Waals surface area contributed by atoms with Crippen molar-refractivity contribution in [3.63, 3.8) is 0 Å². The van der Waals surface area contributed by atoms with Crippen molar-refractivity contribution < 1.29 is 33.1 Å². The average Bonchev–Trinajstić information content (AvgIpc) is 4.29. The Morgan fingerprint density at radius 1 is 0.921 bits per heavy atom. The number of methoxy groups -OCH3 is 1. The van der Waals surface area contributed by atoms with Crippen molar-refractivity contribution in [1.29, 1.82) is 0 Å². The van der Waals surface area contributed by atoms with Gasteiger partial charge >= 0.3 is 6.01 Å². The Morgan fingerprint density at radius 2 is 1.71 bits per heavy atom. The second kappa shape index (κ2) is 23.3. The number of nitrogens with one attached hydrogen (secondary N) is 1. The molecule has 0 radical (unpaired) electrons. The van der Waals surface area contributed by atoms with Gasteiger partial charge in [-0.3, -0.25) is 19.5 Å². The lowest BCUT2D eigenvalue weighted by atomic mass is 9.91. The first-order chi connectivity index (χ1) is 36.9. The second-order valence-electron chi connectivity index (χ2n) is 21.2. The Labute approximate surface area is 448 Å². The minimum Gasteiger partial charge on any atom is -0.508 e. The van der Waals surface area contributed by atoms with Gasteiger partial charge in [-0.25, -0.2) is 9.37 Å². The van der Waals surface area contributed by atoms with Gasteiger partial charge in [0.15, 0.2) is 11.6 Å². The first kappa shape index (κ1) is 52.7. The van der Waals surface area contributed by atoms with Gasteiger partial charge in [0.25, 0.3) is 5.88 Å². The number of carbonyl (C=O) groups excluding carboxylic acids is 2. The molecule has 5 unspecified atom stereocenters. The quantitative estimate of drug-likeness (QED) is 0.105. The number of likely N-dealkylation sites (tertiary alicyclic amines) is 1. The van der Waals surface area contributed by atoms with Crippen molar-refractivity contribution >= 4 is 50.6 Å². The molecule has 4 aromatic heterocycles. The van der Waals surface area contributed by atoms with Crippen molar-refractivity contribution in [2.45, 2.75) is 135 Å². The number of ether oxygens (including phenoxy) is 2.